The summed E-state index contributed by atoms with van der Waals surface area (Å²) in [5, 5.41) is 0. The van der Waals surface area contributed by atoms with E-state index in [1.807, 2.05) is 24.3 Å². The zero-order valence-electron chi connectivity index (χ0n) is 10.3. The first-order chi connectivity index (χ1) is 7.63. The van der Waals surface area contributed by atoms with E-state index in [2.05, 4.69) is 26.0 Å². The van der Waals surface area contributed by atoms with Gasteiger partial charge in [0.15, 0.2) is 0 Å². The molecule has 0 aliphatic carbocycles. The molecule has 2 nitrogen and oxygen atoms in total. The highest BCUT2D eigenvalue weighted by molar-refractivity contribution is 5.52. The third kappa shape index (κ3) is 3.38. The zero-order valence-corrected chi connectivity index (χ0v) is 10.3. The summed E-state index contributed by atoms with van der Waals surface area (Å²) in [6.07, 6.45) is 6.00. The van der Waals surface area contributed by atoms with E-state index in [0.29, 0.717) is 0 Å². The second-order valence-corrected chi connectivity index (χ2v) is 3.96. The number of nitrogens with two attached hydrogens (primary N) is 1. The van der Waals surface area contributed by atoms with Crippen LogP contribution in [0.1, 0.15) is 32.3 Å². The van der Waals surface area contributed by atoms with E-state index >= 15 is 0 Å². The Hall–Kier alpha value is -1.28. The van der Waals surface area contributed by atoms with E-state index in [0.717, 1.165) is 24.2 Å². The minimum absolute atomic E-state index is 0.202. The largest absolute Gasteiger partial charge is 0.496 e. The van der Waals surface area contributed by atoms with Gasteiger partial charge in [0.25, 0.3) is 0 Å². The lowest BCUT2D eigenvalue weighted by atomic mass is 9.93. The summed E-state index contributed by atoms with van der Waals surface area (Å²) in [6, 6.07) is 8.79. The topological polar surface area (TPSA) is 35.2 Å². The average molecular weight is 218 g/mol. The number of rotatable bonds is 5. The first-order valence-corrected chi connectivity index (χ1v) is 5.67. The van der Waals surface area contributed by atoms with Crippen molar-refractivity contribution >= 4 is 6.08 Å². The van der Waals surface area contributed by atoms with Crippen LogP contribution in [0.4, 0.5) is 0 Å². The Kier molecular flexibility index (Phi) is 4.56. The van der Waals surface area contributed by atoms with Crippen molar-refractivity contribution in [1.29, 1.82) is 0 Å². The fourth-order valence-corrected chi connectivity index (χ4v) is 1.43. The highest BCUT2D eigenvalue weighted by Crippen LogP contribution is 2.17. The summed E-state index contributed by atoms with van der Waals surface area (Å²) < 4.78 is 5.12. The first kappa shape index (κ1) is 12.8. The standard InChI is InChI=1S/C14H20NO/c1-4-14(15,5-2)10-9-12-7-6-8-13(11-12)16-3/h6-7,9-11H,4-5,15H2,1-3H3/b10-9+. The SMILES string of the molecule is CCC(N)(/C=C/c1cc[c]c(OC)c1)CC. The van der Waals surface area contributed by atoms with Crippen molar-refractivity contribution in [2.24, 2.45) is 5.73 Å². The maximum Gasteiger partial charge on any atom is 0.127 e. The van der Waals surface area contributed by atoms with Crippen LogP contribution in [-0.4, -0.2) is 12.6 Å². The number of methoxy groups -OCH3 is 1. The van der Waals surface area contributed by atoms with Crippen LogP contribution in [0.2, 0.25) is 0 Å². The fourth-order valence-electron chi connectivity index (χ4n) is 1.43. The molecule has 0 aromatic heterocycles. The summed E-state index contributed by atoms with van der Waals surface area (Å²) in [5.74, 6) is 0.748. The van der Waals surface area contributed by atoms with Crippen molar-refractivity contribution < 1.29 is 4.74 Å². The van der Waals surface area contributed by atoms with Crippen molar-refractivity contribution in [3.05, 3.63) is 35.9 Å². The van der Waals surface area contributed by atoms with E-state index in [-0.39, 0.29) is 5.54 Å². The van der Waals surface area contributed by atoms with E-state index in [1.54, 1.807) is 7.11 Å². The van der Waals surface area contributed by atoms with Gasteiger partial charge >= 0.3 is 0 Å². The number of ether oxygens (including phenoxy) is 1. The Morgan fingerprint density at radius 1 is 1.44 bits per heavy atom. The summed E-state index contributed by atoms with van der Waals surface area (Å²) in [5.41, 5.74) is 7.08. The van der Waals surface area contributed by atoms with Gasteiger partial charge in [0.1, 0.15) is 5.75 Å². The molecule has 2 heteroatoms. The normalized spacial score (nSPS) is 12.0. The second kappa shape index (κ2) is 5.71. The van der Waals surface area contributed by atoms with Gasteiger partial charge in [-0.2, -0.15) is 0 Å². The van der Waals surface area contributed by atoms with Crippen LogP contribution in [0.3, 0.4) is 0 Å². The average Bonchev–Trinajstić information content (AvgIpc) is 2.36. The van der Waals surface area contributed by atoms with Gasteiger partial charge < -0.3 is 10.5 Å². The van der Waals surface area contributed by atoms with Crippen LogP contribution < -0.4 is 10.5 Å². The molecule has 1 aromatic carbocycles. The van der Waals surface area contributed by atoms with Crippen LogP contribution in [-0.2, 0) is 0 Å². The molecule has 0 saturated carbocycles. The van der Waals surface area contributed by atoms with Crippen molar-refractivity contribution in [3.8, 4) is 5.75 Å². The van der Waals surface area contributed by atoms with Crippen LogP contribution in [0.5, 0.6) is 5.75 Å². The molecular weight excluding hydrogens is 198 g/mol. The fraction of sp³-hybridized carbons (Fsp3) is 0.429. The quantitative estimate of drug-likeness (QED) is 0.824. The Labute approximate surface area is 98.1 Å². The van der Waals surface area contributed by atoms with Gasteiger partial charge in [0.2, 0.25) is 0 Å². The maximum atomic E-state index is 6.19. The number of hydrogen-bond acceptors (Lipinski definition) is 2. The molecule has 2 N–H and O–H groups in total. The molecule has 0 fully saturated rings. The molecule has 0 aliphatic heterocycles. The monoisotopic (exact) mass is 218 g/mol. The van der Waals surface area contributed by atoms with Crippen molar-refractivity contribution in [2.75, 3.05) is 7.11 Å². The first-order valence-electron chi connectivity index (χ1n) is 5.67. The van der Waals surface area contributed by atoms with Crippen LogP contribution in [0, 0.1) is 6.07 Å². The molecule has 0 atom stereocenters. The van der Waals surface area contributed by atoms with Crippen LogP contribution >= 0.6 is 0 Å². The minimum atomic E-state index is -0.202. The molecule has 0 saturated heterocycles. The van der Waals surface area contributed by atoms with Gasteiger partial charge in [-0.3, -0.25) is 0 Å². The Morgan fingerprint density at radius 2 is 2.12 bits per heavy atom. The molecule has 0 aliphatic rings. The molecule has 0 amide bonds. The lowest BCUT2D eigenvalue weighted by molar-refractivity contribution is 0.414. The molecule has 16 heavy (non-hydrogen) atoms. The zero-order chi connectivity index (χ0) is 12.0. The van der Waals surface area contributed by atoms with E-state index in [9.17, 15) is 0 Å². The third-order valence-corrected chi connectivity index (χ3v) is 2.94. The van der Waals surface area contributed by atoms with Crippen LogP contribution in [0.15, 0.2) is 24.3 Å². The highest BCUT2D eigenvalue weighted by Gasteiger charge is 2.15. The van der Waals surface area contributed by atoms with Gasteiger partial charge in [-0.05, 0) is 30.5 Å². The molecule has 0 heterocycles. The summed E-state index contributed by atoms with van der Waals surface area (Å²) in [7, 11) is 1.64. The van der Waals surface area contributed by atoms with E-state index in [1.165, 1.54) is 0 Å². The predicted octanol–water partition coefficient (Wildman–Crippen LogP) is 3.03. The van der Waals surface area contributed by atoms with Gasteiger partial charge in [0, 0.05) is 11.6 Å². The third-order valence-electron chi connectivity index (χ3n) is 2.94. The molecule has 0 spiro atoms. The minimum Gasteiger partial charge on any atom is -0.496 e. The second-order valence-electron chi connectivity index (χ2n) is 3.96. The predicted molar refractivity (Wildman–Crippen MR) is 68.4 cm³/mol. The molecule has 1 rings (SSSR count). The number of hydrogen-bond donors (Lipinski definition) is 1. The van der Waals surface area contributed by atoms with Crippen molar-refractivity contribution in [2.45, 2.75) is 32.2 Å². The Bertz CT molecular complexity index is 354. The molecular formula is C14H20NO. The molecule has 0 bridgehead atoms. The van der Waals surface area contributed by atoms with E-state index in [4.69, 9.17) is 10.5 Å². The van der Waals surface area contributed by atoms with Gasteiger partial charge in [-0.1, -0.05) is 32.1 Å². The summed E-state index contributed by atoms with van der Waals surface area (Å²) in [6.45, 7) is 4.21. The van der Waals surface area contributed by atoms with Crippen molar-refractivity contribution in [1.82, 2.24) is 0 Å². The van der Waals surface area contributed by atoms with Crippen molar-refractivity contribution in [3.63, 3.8) is 0 Å². The van der Waals surface area contributed by atoms with E-state index < -0.39 is 0 Å². The Morgan fingerprint density at radius 3 is 2.69 bits per heavy atom. The van der Waals surface area contributed by atoms with Gasteiger partial charge in [0.05, 0.1) is 7.11 Å². The van der Waals surface area contributed by atoms with Crippen LogP contribution in [0.25, 0.3) is 6.08 Å². The van der Waals surface area contributed by atoms with Gasteiger partial charge in [-0.25, -0.2) is 0 Å². The molecule has 0 unspecified atom stereocenters. The lowest BCUT2D eigenvalue weighted by Crippen LogP contribution is -2.35. The van der Waals surface area contributed by atoms with Gasteiger partial charge in [-0.15, -0.1) is 0 Å². The Balaban J connectivity index is 2.82. The molecule has 87 valence electrons. The molecule has 1 radical (unpaired) electrons. The smallest absolute Gasteiger partial charge is 0.127 e. The number of benzene rings is 1. The molecule has 1 aromatic rings. The summed E-state index contributed by atoms with van der Waals surface area (Å²) >= 11 is 0. The maximum absolute atomic E-state index is 6.19. The highest BCUT2D eigenvalue weighted by atomic mass is 16.5. The lowest BCUT2D eigenvalue weighted by Gasteiger charge is -2.21. The summed E-state index contributed by atoms with van der Waals surface area (Å²) in [4.78, 5) is 0.